The van der Waals surface area contributed by atoms with E-state index in [-0.39, 0.29) is 17.4 Å². The lowest BCUT2D eigenvalue weighted by atomic mass is 9.76. The molecule has 0 saturated heterocycles. The first-order valence-corrected chi connectivity index (χ1v) is 7.87. The summed E-state index contributed by atoms with van der Waals surface area (Å²) in [5, 5.41) is 3.25. The van der Waals surface area contributed by atoms with Crippen molar-refractivity contribution in [3.05, 3.63) is 29.8 Å². The van der Waals surface area contributed by atoms with E-state index < -0.39 is 0 Å². The van der Waals surface area contributed by atoms with E-state index >= 15 is 0 Å². The number of fused-ring (bicyclic) bond motifs is 1. The monoisotopic (exact) mass is 288 g/mol. The van der Waals surface area contributed by atoms with Crippen molar-refractivity contribution in [2.45, 2.75) is 44.1 Å². The number of hydrogen-bond donors (Lipinski definition) is 2. The first-order valence-electron chi connectivity index (χ1n) is 7.87. The highest BCUT2D eigenvalue weighted by Crippen LogP contribution is 2.36. The Kier molecular flexibility index (Phi) is 3.89. The third-order valence-electron chi connectivity index (χ3n) is 4.89. The Bertz CT molecular complexity index is 531. The second-order valence-electron chi connectivity index (χ2n) is 6.58. The van der Waals surface area contributed by atoms with Crippen molar-refractivity contribution in [1.29, 1.82) is 0 Å². The molecule has 114 valence electrons. The molecule has 0 bridgehead atoms. The number of nitrogens with two attached hydrogens (primary N) is 1. The SMILES string of the molecule is CC1CCCC(CN)(NC(=O)C2COc3ccccc32)C1. The van der Waals surface area contributed by atoms with Crippen LogP contribution >= 0.6 is 0 Å². The molecule has 3 N–H and O–H groups in total. The average molecular weight is 288 g/mol. The summed E-state index contributed by atoms with van der Waals surface area (Å²) in [7, 11) is 0. The second-order valence-corrected chi connectivity index (χ2v) is 6.58. The van der Waals surface area contributed by atoms with E-state index in [9.17, 15) is 4.79 Å². The average Bonchev–Trinajstić information content (AvgIpc) is 2.91. The predicted octanol–water partition coefficient (Wildman–Crippen LogP) is 2.19. The molecule has 0 spiro atoms. The molecule has 1 amide bonds. The van der Waals surface area contributed by atoms with Gasteiger partial charge in [-0.25, -0.2) is 0 Å². The number of hydrogen-bond acceptors (Lipinski definition) is 3. The van der Waals surface area contributed by atoms with E-state index in [0.717, 1.165) is 30.6 Å². The van der Waals surface area contributed by atoms with Gasteiger partial charge in [0.1, 0.15) is 18.3 Å². The number of amides is 1. The number of benzene rings is 1. The quantitative estimate of drug-likeness (QED) is 0.896. The van der Waals surface area contributed by atoms with Crippen LogP contribution in [0.3, 0.4) is 0 Å². The maximum absolute atomic E-state index is 12.7. The molecule has 0 aromatic heterocycles. The highest BCUT2D eigenvalue weighted by Gasteiger charge is 2.38. The third-order valence-corrected chi connectivity index (χ3v) is 4.89. The lowest BCUT2D eigenvalue weighted by Gasteiger charge is -2.40. The number of ether oxygens (including phenoxy) is 1. The van der Waals surface area contributed by atoms with Crippen LogP contribution in [0.15, 0.2) is 24.3 Å². The van der Waals surface area contributed by atoms with Crippen LogP contribution in [0.2, 0.25) is 0 Å². The van der Waals surface area contributed by atoms with Crippen molar-refractivity contribution in [1.82, 2.24) is 5.32 Å². The predicted molar refractivity (Wildman–Crippen MR) is 82.2 cm³/mol. The summed E-state index contributed by atoms with van der Waals surface area (Å²) in [5.41, 5.74) is 6.76. The minimum absolute atomic E-state index is 0.0551. The van der Waals surface area contributed by atoms with Crippen molar-refractivity contribution in [2.75, 3.05) is 13.2 Å². The van der Waals surface area contributed by atoms with Gasteiger partial charge in [0, 0.05) is 12.1 Å². The summed E-state index contributed by atoms with van der Waals surface area (Å²) in [5.74, 6) is 1.30. The second kappa shape index (κ2) is 5.68. The van der Waals surface area contributed by atoms with Gasteiger partial charge >= 0.3 is 0 Å². The van der Waals surface area contributed by atoms with Gasteiger partial charge in [-0.3, -0.25) is 4.79 Å². The normalized spacial score (nSPS) is 31.3. The van der Waals surface area contributed by atoms with Crippen LogP contribution in [-0.4, -0.2) is 24.6 Å². The summed E-state index contributed by atoms with van der Waals surface area (Å²) >= 11 is 0. The van der Waals surface area contributed by atoms with Gasteiger partial charge in [0.25, 0.3) is 0 Å². The van der Waals surface area contributed by atoms with E-state index in [1.807, 2.05) is 24.3 Å². The molecule has 1 fully saturated rings. The van der Waals surface area contributed by atoms with Gasteiger partial charge in [0.05, 0.1) is 5.54 Å². The molecule has 0 radical (unpaired) electrons. The maximum Gasteiger partial charge on any atom is 0.231 e. The van der Waals surface area contributed by atoms with Crippen molar-refractivity contribution in [3.8, 4) is 5.75 Å². The van der Waals surface area contributed by atoms with Crippen LogP contribution in [0.5, 0.6) is 5.75 Å². The molecule has 4 heteroatoms. The third kappa shape index (κ3) is 2.77. The van der Waals surface area contributed by atoms with Crippen LogP contribution < -0.4 is 15.8 Å². The molecule has 1 aromatic carbocycles. The van der Waals surface area contributed by atoms with Gasteiger partial charge in [-0.15, -0.1) is 0 Å². The summed E-state index contributed by atoms with van der Waals surface area (Å²) in [6.45, 7) is 3.18. The Labute approximate surface area is 126 Å². The summed E-state index contributed by atoms with van der Waals surface area (Å²) < 4.78 is 5.62. The van der Waals surface area contributed by atoms with E-state index in [2.05, 4.69) is 12.2 Å². The zero-order chi connectivity index (χ0) is 14.9. The molecule has 1 aliphatic carbocycles. The Morgan fingerprint density at radius 3 is 3.05 bits per heavy atom. The number of carbonyl (C=O) groups excluding carboxylic acids is 1. The molecule has 3 rings (SSSR count). The van der Waals surface area contributed by atoms with E-state index in [1.54, 1.807) is 0 Å². The molecule has 21 heavy (non-hydrogen) atoms. The summed E-state index contributed by atoms with van der Waals surface area (Å²) in [4.78, 5) is 12.7. The zero-order valence-corrected chi connectivity index (χ0v) is 12.6. The number of carbonyl (C=O) groups is 1. The zero-order valence-electron chi connectivity index (χ0n) is 12.6. The first-order chi connectivity index (χ1) is 10.1. The molecule has 1 heterocycles. The minimum Gasteiger partial charge on any atom is -0.492 e. The Morgan fingerprint density at radius 2 is 2.29 bits per heavy atom. The van der Waals surface area contributed by atoms with Gasteiger partial charge in [-0.05, 0) is 24.8 Å². The Hall–Kier alpha value is -1.55. The molecular formula is C17H24N2O2. The van der Waals surface area contributed by atoms with Crippen molar-refractivity contribution in [3.63, 3.8) is 0 Å². The van der Waals surface area contributed by atoms with Crippen LogP contribution in [0, 0.1) is 5.92 Å². The first kappa shape index (κ1) is 14.4. The van der Waals surface area contributed by atoms with Crippen molar-refractivity contribution in [2.24, 2.45) is 11.7 Å². The Balaban J connectivity index is 1.74. The summed E-state index contributed by atoms with van der Waals surface area (Å²) in [6.07, 6.45) is 4.32. The van der Waals surface area contributed by atoms with Crippen LogP contribution in [0.1, 0.15) is 44.1 Å². The molecule has 2 aliphatic rings. The maximum atomic E-state index is 12.7. The van der Waals surface area contributed by atoms with Gasteiger partial charge in [-0.1, -0.05) is 38.0 Å². The van der Waals surface area contributed by atoms with Gasteiger partial charge < -0.3 is 15.8 Å². The van der Waals surface area contributed by atoms with Crippen LogP contribution in [0.25, 0.3) is 0 Å². The fourth-order valence-electron chi connectivity index (χ4n) is 3.74. The standard InChI is InChI=1S/C17H24N2O2/c1-12-5-4-8-17(9-12,11-18)19-16(20)14-10-21-15-7-3-2-6-13(14)15/h2-3,6-7,12,14H,4-5,8-11,18H2,1H3,(H,19,20). The number of para-hydroxylation sites is 1. The van der Waals surface area contributed by atoms with Gasteiger partial charge in [0.2, 0.25) is 5.91 Å². The van der Waals surface area contributed by atoms with Gasteiger partial charge in [0.15, 0.2) is 0 Å². The topological polar surface area (TPSA) is 64.3 Å². The number of rotatable bonds is 3. The minimum atomic E-state index is -0.230. The largest absolute Gasteiger partial charge is 0.492 e. The molecular weight excluding hydrogens is 264 g/mol. The van der Waals surface area contributed by atoms with Crippen LogP contribution in [-0.2, 0) is 4.79 Å². The smallest absolute Gasteiger partial charge is 0.231 e. The fraction of sp³-hybridized carbons (Fsp3) is 0.588. The molecule has 1 aliphatic heterocycles. The molecule has 1 aromatic rings. The molecule has 1 saturated carbocycles. The van der Waals surface area contributed by atoms with E-state index in [4.69, 9.17) is 10.5 Å². The summed E-state index contributed by atoms with van der Waals surface area (Å²) in [6, 6.07) is 7.79. The molecule has 3 atom stereocenters. The van der Waals surface area contributed by atoms with Crippen molar-refractivity contribution < 1.29 is 9.53 Å². The van der Waals surface area contributed by atoms with Gasteiger partial charge in [-0.2, -0.15) is 0 Å². The lowest BCUT2D eigenvalue weighted by Crippen LogP contribution is -2.57. The fourth-order valence-corrected chi connectivity index (χ4v) is 3.74. The lowest BCUT2D eigenvalue weighted by molar-refractivity contribution is -0.125. The highest BCUT2D eigenvalue weighted by atomic mass is 16.5. The highest BCUT2D eigenvalue weighted by molar-refractivity contribution is 5.86. The molecule has 4 nitrogen and oxygen atoms in total. The van der Waals surface area contributed by atoms with Crippen LogP contribution in [0.4, 0.5) is 0 Å². The number of nitrogens with one attached hydrogen (secondary N) is 1. The van der Waals surface area contributed by atoms with E-state index in [1.165, 1.54) is 6.42 Å². The van der Waals surface area contributed by atoms with E-state index in [0.29, 0.717) is 19.1 Å². The Morgan fingerprint density at radius 1 is 1.48 bits per heavy atom. The van der Waals surface area contributed by atoms with Crippen molar-refractivity contribution >= 4 is 5.91 Å². The molecule has 3 unspecified atom stereocenters.